The summed E-state index contributed by atoms with van der Waals surface area (Å²) in [6.45, 7) is 0. The highest BCUT2D eigenvalue weighted by molar-refractivity contribution is 5.88. The predicted molar refractivity (Wildman–Crippen MR) is 54.2 cm³/mol. The Kier molecular flexibility index (Phi) is 3.32. The number of aromatic carboxylic acids is 1. The number of halogens is 3. The molecule has 100 valence electrons. The number of carboxylic acid groups (broad SMARTS) is 1. The Hall–Kier alpha value is -1.53. The van der Waals surface area contributed by atoms with E-state index < -0.39 is 24.0 Å². The first-order chi connectivity index (χ1) is 8.39. The third-order valence-electron chi connectivity index (χ3n) is 3.35. The first-order valence-electron chi connectivity index (χ1n) is 5.64. The molecule has 0 spiro atoms. The number of aromatic nitrogens is 1. The Morgan fingerprint density at radius 3 is 2.78 bits per heavy atom. The fraction of sp³-hybridized carbons (Fsp3) is 0.636. The fourth-order valence-corrected chi connectivity index (χ4v) is 2.44. The largest absolute Gasteiger partial charge is 0.478 e. The van der Waals surface area contributed by atoms with Crippen LogP contribution in [0.25, 0.3) is 0 Å². The monoisotopic (exact) mass is 263 g/mol. The maximum atomic E-state index is 12.7. The van der Waals surface area contributed by atoms with E-state index in [9.17, 15) is 18.0 Å². The molecule has 1 aliphatic carbocycles. The van der Waals surface area contributed by atoms with Gasteiger partial charge in [0.2, 0.25) is 0 Å². The van der Waals surface area contributed by atoms with Crippen LogP contribution in [0.5, 0.6) is 0 Å². The van der Waals surface area contributed by atoms with E-state index in [-0.39, 0.29) is 24.1 Å². The van der Waals surface area contributed by atoms with Gasteiger partial charge in [-0.25, -0.2) is 4.79 Å². The minimum absolute atomic E-state index is 0.0975. The molecule has 1 heterocycles. The molecule has 1 aromatic heterocycles. The first-order valence-corrected chi connectivity index (χ1v) is 5.64. The molecule has 2 atom stereocenters. The van der Waals surface area contributed by atoms with Crippen molar-refractivity contribution in [3.8, 4) is 0 Å². The van der Waals surface area contributed by atoms with E-state index in [2.05, 4.69) is 9.68 Å². The number of hydrogen-bond acceptors (Lipinski definition) is 3. The topological polar surface area (TPSA) is 63.3 Å². The van der Waals surface area contributed by atoms with Crippen molar-refractivity contribution in [1.29, 1.82) is 0 Å². The van der Waals surface area contributed by atoms with Gasteiger partial charge in [-0.3, -0.25) is 0 Å². The van der Waals surface area contributed by atoms with Crippen LogP contribution >= 0.6 is 0 Å². The standard InChI is InChI=1S/C11H12F3NO3/c12-11(13,14)7-3-1-2-6(4-7)9-8(10(16)17)5-18-15-9/h5-7H,1-4H2,(H,16,17)/t6-,7-/m0/s1. The van der Waals surface area contributed by atoms with Crippen LogP contribution in [0.2, 0.25) is 0 Å². The van der Waals surface area contributed by atoms with Crippen molar-refractivity contribution in [2.24, 2.45) is 5.92 Å². The highest BCUT2D eigenvalue weighted by atomic mass is 19.4. The SMILES string of the molecule is O=C(O)c1conc1[C@H]1CCC[C@H](C(F)(F)F)C1. The number of nitrogens with zero attached hydrogens (tertiary/aromatic N) is 1. The van der Waals surface area contributed by atoms with Crippen LogP contribution < -0.4 is 0 Å². The molecule has 1 aliphatic rings. The van der Waals surface area contributed by atoms with Gasteiger partial charge < -0.3 is 9.63 Å². The van der Waals surface area contributed by atoms with Crippen LogP contribution in [0, 0.1) is 5.92 Å². The Labute approximate surface area is 101 Å². The Morgan fingerprint density at radius 2 is 2.17 bits per heavy atom. The summed E-state index contributed by atoms with van der Waals surface area (Å²) in [7, 11) is 0. The van der Waals surface area contributed by atoms with E-state index in [1.54, 1.807) is 0 Å². The van der Waals surface area contributed by atoms with Gasteiger partial charge in [0.1, 0.15) is 17.5 Å². The zero-order chi connectivity index (χ0) is 13.3. The van der Waals surface area contributed by atoms with Gasteiger partial charge in [-0.15, -0.1) is 0 Å². The second-order valence-electron chi connectivity index (χ2n) is 4.52. The molecule has 1 aromatic rings. The normalized spacial score (nSPS) is 25.1. The van der Waals surface area contributed by atoms with Gasteiger partial charge in [-0.1, -0.05) is 11.6 Å². The quantitative estimate of drug-likeness (QED) is 0.889. The van der Waals surface area contributed by atoms with Crippen molar-refractivity contribution in [2.45, 2.75) is 37.8 Å². The molecule has 0 unspecified atom stereocenters. The van der Waals surface area contributed by atoms with Gasteiger partial charge in [0, 0.05) is 5.92 Å². The maximum absolute atomic E-state index is 12.7. The summed E-state index contributed by atoms with van der Waals surface area (Å²) in [6.07, 6.45) is -2.35. The maximum Gasteiger partial charge on any atom is 0.391 e. The summed E-state index contributed by atoms with van der Waals surface area (Å²) in [5.74, 6) is -3.09. The van der Waals surface area contributed by atoms with Crippen molar-refractivity contribution >= 4 is 5.97 Å². The van der Waals surface area contributed by atoms with Crippen molar-refractivity contribution in [1.82, 2.24) is 5.16 Å². The van der Waals surface area contributed by atoms with Gasteiger partial charge in [-0.05, 0) is 19.3 Å². The van der Waals surface area contributed by atoms with Gasteiger partial charge in [0.25, 0.3) is 0 Å². The summed E-state index contributed by atoms with van der Waals surface area (Å²) in [5.41, 5.74) is -0.000672. The van der Waals surface area contributed by atoms with Gasteiger partial charge in [0.15, 0.2) is 0 Å². The average Bonchev–Trinajstić information content (AvgIpc) is 2.77. The molecule has 1 saturated carbocycles. The minimum atomic E-state index is -4.23. The number of hydrogen-bond donors (Lipinski definition) is 1. The molecular weight excluding hydrogens is 251 g/mol. The van der Waals surface area contributed by atoms with Crippen LogP contribution in [-0.2, 0) is 0 Å². The van der Waals surface area contributed by atoms with Crippen LogP contribution in [0.15, 0.2) is 10.8 Å². The molecule has 0 bridgehead atoms. The molecular formula is C11H12F3NO3. The number of carboxylic acids is 1. The van der Waals surface area contributed by atoms with E-state index in [1.807, 2.05) is 0 Å². The van der Waals surface area contributed by atoms with Crippen molar-refractivity contribution in [3.63, 3.8) is 0 Å². The third kappa shape index (κ3) is 2.49. The zero-order valence-electron chi connectivity index (χ0n) is 9.41. The minimum Gasteiger partial charge on any atom is -0.478 e. The van der Waals surface area contributed by atoms with E-state index in [0.717, 1.165) is 6.26 Å². The van der Waals surface area contributed by atoms with Gasteiger partial charge >= 0.3 is 12.1 Å². The molecule has 4 nitrogen and oxygen atoms in total. The van der Waals surface area contributed by atoms with Gasteiger partial charge in [-0.2, -0.15) is 13.2 Å². The van der Waals surface area contributed by atoms with E-state index >= 15 is 0 Å². The molecule has 0 aromatic carbocycles. The summed E-state index contributed by atoms with van der Waals surface area (Å²) >= 11 is 0. The summed E-state index contributed by atoms with van der Waals surface area (Å²) in [4.78, 5) is 10.9. The summed E-state index contributed by atoms with van der Waals surface area (Å²) < 4.78 is 42.5. The van der Waals surface area contributed by atoms with E-state index in [1.165, 1.54) is 0 Å². The Bertz CT molecular complexity index is 441. The lowest BCUT2D eigenvalue weighted by Crippen LogP contribution is -2.28. The zero-order valence-corrected chi connectivity index (χ0v) is 9.41. The molecule has 0 amide bonds. The molecule has 18 heavy (non-hydrogen) atoms. The van der Waals surface area contributed by atoms with E-state index in [0.29, 0.717) is 12.8 Å². The Balaban J connectivity index is 2.18. The summed E-state index contributed by atoms with van der Waals surface area (Å²) in [6, 6.07) is 0. The number of carbonyl (C=O) groups is 1. The molecule has 1 fully saturated rings. The van der Waals surface area contributed by atoms with Crippen LogP contribution in [0.1, 0.15) is 47.7 Å². The van der Waals surface area contributed by atoms with Crippen LogP contribution in [-0.4, -0.2) is 22.4 Å². The van der Waals surface area contributed by atoms with Crippen molar-refractivity contribution < 1.29 is 27.6 Å². The lowest BCUT2D eigenvalue weighted by molar-refractivity contribution is -0.183. The molecule has 1 N–H and O–H groups in total. The lowest BCUT2D eigenvalue weighted by Gasteiger charge is -2.29. The van der Waals surface area contributed by atoms with Crippen molar-refractivity contribution in [3.05, 3.63) is 17.5 Å². The first kappa shape index (κ1) is 12.9. The van der Waals surface area contributed by atoms with Crippen LogP contribution in [0.3, 0.4) is 0 Å². The van der Waals surface area contributed by atoms with E-state index in [4.69, 9.17) is 5.11 Å². The lowest BCUT2D eigenvalue weighted by atomic mass is 9.78. The molecule has 0 radical (unpaired) electrons. The fourth-order valence-electron chi connectivity index (χ4n) is 2.44. The highest BCUT2D eigenvalue weighted by Gasteiger charge is 2.43. The molecule has 7 heteroatoms. The molecule has 0 aliphatic heterocycles. The predicted octanol–water partition coefficient (Wildman–Crippen LogP) is 3.21. The smallest absolute Gasteiger partial charge is 0.391 e. The second-order valence-corrected chi connectivity index (χ2v) is 4.52. The third-order valence-corrected chi connectivity index (χ3v) is 3.35. The molecule has 2 rings (SSSR count). The average molecular weight is 263 g/mol. The number of rotatable bonds is 2. The van der Waals surface area contributed by atoms with Crippen molar-refractivity contribution in [2.75, 3.05) is 0 Å². The Morgan fingerprint density at radius 1 is 1.44 bits per heavy atom. The summed E-state index contributed by atoms with van der Waals surface area (Å²) in [5, 5.41) is 12.4. The number of alkyl halides is 3. The second kappa shape index (κ2) is 4.62. The van der Waals surface area contributed by atoms with Gasteiger partial charge in [0.05, 0.1) is 5.92 Å². The van der Waals surface area contributed by atoms with Crippen LogP contribution in [0.4, 0.5) is 13.2 Å². The molecule has 0 saturated heterocycles. The highest BCUT2D eigenvalue weighted by Crippen LogP contribution is 2.43.